The number of nitrogens with zero attached hydrogens (tertiary/aromatic N) is 4. The number of sulfonamides is 1. The molecule has 1 amide bonds. The molecule has 4 rings (SSSR count). The highest BCUT2D eigenvalue weighted by molar-refractivity contribution is 7.88. The molecule has 3 aromatic rings. The minimum atomic E-state index is -3.53. The Balaban J connectivity index is 1.60. The first-order valence-corrected chi connectivity index (χ1v) is 12.7. The highest BCUT2D eigenvalue weighted by Gasteiger charge is 2.46. The third kappa shape index (κ3) is 5.41. The lowest BCUT2D eigenvalue weighted by molar-refractivity contribution is -0.132. The quantitative estimate of drug-likeness (QED) is 0.430. The van der Waals surface area contributed by atoms with E-state index in [0.717, 1.165) is 21.5 Å². The molecule has 1 fully saturated rings. The summed E-state index contributed by atoms with van der Waals surface area (Å²) in [5.74, 6) is -2.90. The van der Waals surface area contributed by atoms with Crippen molar-refractivity contribution in [3.8, 4) is 11.5 Å². The normalized spacial score (nSPS) is 16.3. The van der Waals surface area contributed by atoms with Crippen molar-refractivity contribution in [1.82, 2.24) is 14.5 Å². The van der Waals surface area contributed by atoms with Gasteiger partial charge in [0.1, 0.15) is 5.82 Å². The second kappa shape index (κ2) is 9.97. The van der Waals surface area contributed by atoms with Crippen LogP contribution in [0, 0.1) is 5.82 Å². The number of halogens is 4. The molecule has 1 aromatic heterocycles. The fourth-order valence-electron chi connectivity index (χ4n) is 3.93. The Morgan fingerprint density at radius 1 is 1.14 bits per heavy atom. The van der Waals surface area contributed by atoms with Crippen LogP contribution in [-0.2, 0) is 21.4 Å². The van der Waals surface area contributed by atoms with Crippen LogP contribution >= 0.6 is 0 Å². The summed E-state index contributed by atoms with van der Waals surface area (Å²) in [5.41, 5.74) is -1.93. The molecule has 13 heteroatoms. The fourth-order valence-corrected chi connectivity index (χ4v) is 4.78. The number of aromatic nitrogens is 2. The van der Waals surface area contributed by atoms with E-state index in [0.29, 0.717) is 5.69 Å². The number of piperidine rings is 1. The van der Waals surface area contributed by atoms with Gasteiger partial charge in [0.05, 0.1) is 12.8 Å². The zero-order chi connectivity index (χ0) is 26.1. The maximum absolute atomic E-state index is 15.8. The number of alkyl halides is 3. The van der Waals surface area contributed by atoms with Gasteiger partial charge < -0.3 is 9.32 Å². The molecule has 0 aliphatic carbocycles. The molecule has 192 valence electrons. The molecule has 0 atom stereocenters. The van der Waals surface area contributed by atoms with Gasteiger partial charge >= 0.3 is 6.43 Å². The van der Waals surface area contributed by atoms with E-state index in [1.165, 1.54) is 12.1 Å². The average Bonchev–Trinajstić information content (AvgIpc) is 3.34. The molecule has 2 aromatic carbocycles. The minimum Gasteiger partial charge on any atom is -0.415 e. The number of anilines is 1. The van der Waals surface area contributed by atoms with Crippen LogP contribution in [0.4, 0.5) is 23.2 Å². The monoisotopic (exact) mass is 526 g/mol. The molecule has 1 aliphatic heterocycles. The Labute approximate surface area is 204 Å². The smallest absolute Gasteiger partial charge is 0.314 e. The van der Waals surface area contributed by atoms with Crippen LogP contribution in [0.25, 0.3) is 11.5 Å². The highest BCUT2D eigenvalue weighted by Crippen LogP contribution is 2.33. The molecule has 2 heterocycles. The average molecular weight is 527 g/mol. The molecule has 1 aliphatic rings. The lowest BCUT2D eigenvalue weighted by Gasteiger charge is -2.37. The van der Waals surface area contributed by atoms with Gasteiger partial charge in [-0.15, -0.1) is 10.2 Å². The first-order chi connectivity index (χ1) is 17.0. The second-order valence-electron chi connectivity index (χ2n) is 8.41. The van der Waals surface area contributed by atoms with Gasteiger partial charge in [-0.2, -0.15) is 8.78 Å². The number of benzene rings is 2. The van der Waals surface area contributed by atoms with Crippen molar-refractivity contribution in [2.75, 3.05) is 24.2 Å². The van der Waals surface area contributed by atoms with E-state index in [4.69, 9.17) is 4.42 Å². The third-order valence-corrected chi connectivity index (χ3v) is 7.24. The molecule has 36 heavy (non-hydrogen) atoms. The fraction of sp³-hybridized carbons (Fsp3) is 0.348. The van der Waals surface area contributed by atoms with Gasteiger partial charge in [0.2, 0.25) is 15.9 Å². The van der Waals surface area contributed by atoms with Crippen LogP contribution in [0.1, 0.15) is 30.7 Å². The topological polar surface area (TPSA) is 96.6 Å². The number of amides is 1. The van der Waals surface area contributed by atoms with Crippen molar-refractivity contribution in [2.24, 2.45) is 0 Å². The Hall–Kier alpha value is -3.32. The zero-order valence-electron chi connectivity index (χ0n) is 19.1. The zero-order valence-corrected chi connectivity index (χ0v) is 19.9. The van der Waals surface area contributed by atoms with Crippen LogP contribution in [0.2, 0.25) is 0 Å². The van der Waals surface area contributed by atoms with Gasteiger partial charge in [0, 0.05) is 42.7 Å². The molecule has 1 saturated heterocycles. The molecule has 8 nitrogen and oxygen atoms in total. The van der Waals surface area contributed by atoms with Gasteiger partial charge in [0.15, 0.2) is 5.67 Å². The predicted molar refractivity (Wildman–Crippen MR) is 122 cm³/mol. The summed E-state index contributed by atoms with van der Waals surface area (Å²) in [6.07, 6.45) is -2.63. The Morgan fingerprint density at radius 3 is 2.36 bits per heavy atom. The van der Waals surface area contributed by atoms with Gasteiger partial charge in [-0.25, -0.2) is 21.5 Å². The second-order valence-corrected chi connectivity index (χ2v) is 10.4. The van der Waals surface area contributed by atoms with E-state index in [9.17, 15) is 22.0 Å². The van der Waals surface area contributed by atoms with E-state index < -0.39 is 39.7 Å². The van der Waals surface area contributed by atoms with E-state index in [-0.39, 0.29) is 49.5 Å². The van der Waals surface area contributed by atoms with E-state index in [1.807, 2.05) is 0 Å². The van der Waals surface area contributed by atoms with Crippen molar-refractivity contribution < 1.29 is 35.2 Å². The van der Waals surface area contributed by atoms with Crippen LogP contribution in [0.15, 0.2) is 52.9 Å². The number of carbonyl (C=O) groups is 1. The molecule has 0 radical (unpaired) electrons. The first-order valence-electron chi connectivity index (χ1n) is 10.9. The van der Waals surface area contributed by atoms with Crippen molar-refractivity contribution in [2.45, 2.75) is 31.5 Å². The third-order valence-electron chi connectivity index (χ3n) is 5.94. The molecular formula is C23H22F4N4O4S. The largest absolute Gasteiger partial charge is 0.415 e. The van der Waals surface area contributed by atoms with E-state index in [2.05, 4.69) is 10.2 Å². The molecule has 0 spiro atoms. The summed E-state index contributed by atoms with van der Waals surface area (Å²) in [6.45, 7) is -0.641. The van der Waals surface area contributed by atoms with Gasteiger partial charge in [-0.05, 0) is 24.3 Å². The van der Waals surface area contributed by atoms with Gasteiger partial charge in [-0.1, -0.05) is 24.3 Å². The van der Waals surface area contributed by atoms with Crippen LogP contribution in [0.5, 0.6) is 0 Å². The summed E-state index contributed by atoms with van der Waals surface area (Å²) in [7, 11) is -3.53. The number of rotatable bonds is 7. The standard InChI is InChI=1S/C23H22F4N4O4S/c1-36(33,34)30-11-9-23(27,10-12-30)22(32)31(17-5-3-2-4-6-17)14-16-8-7-15(13-18(16)24)20-28-29-21(35-20)19(25)26/h2-8,13,19H,9-12,14H2,1H3. The number of para-hydroxylation sites is 1. The van der Waals surface area contributed by atoms with Crippen molar-refractivity contribution in [3.63, 3.8) is 0 Å². The van der Waals surface area contributed by atoms with E-state index in [1.54, 1.807) is 30.3 Å². The number of carbonyl (C=O) groups excluding carboxylic acids is 1. The van der Waals surface area contributed by atoms with Gasteiger partial charge in [-0.3, -0.25) is 4.79 Å². The predicted octanol–water partition coefficient (Wildman–Crippen LogP) is 4.11. The van der Waals surface area contributed by atoms with Crippen LogP contribution in [0.3, 0.4) is 0 Å². The van der Waals surface area contributed by atoms with Gasteiger partial charge in [0.25, 0.3) is 11.8 Å². The van der Waals surface area contributed by atoms with Crippen molar-refractivity contribution in [1.29, 1.82) is 0 Å². The van der Waals surface area contributed by atoms with Crippen molar-refractivity contribution in [3.05, 3.63) is 65.8 Å². The number of hydrogen-bond donors (Lipinski definition) is 0. The summed E-state index contributed by atoms with van der Waals surface area (Å²) in [5, 5.41) is 6.70. The summed E-state index contributed by atoms with van der Waals surface area (Å²) in [6, 6.07) is 11.8. The first kappa shape index (κ1) is 25.8. The van der Waals surface area contributed by atoms with Crippen LogP contribution < -0.4 is 4.90 Å². The summed E-state index contributed by atoms with van der Waals surface area (Å²) in [4.78, 5) is 14.5. The summed E-state index contributed by atoms with van der Waals surface area (Å²) < 4.78 is 85.8. The highest BCUT2D eigenvalue weighted by atomic mass is 32.2. The summed E-state index contributed by atoms with van der Waals surface area (Å²) >= 11 is 0. The Morgan fingerprint density at radius 2 is 1.81 bits per heavy atom. The Bertz CT molecular complexity index is 1340. The van der Waals surface area contributed by atoms with E-state index >= 15 is 8.78 Å². The molecule has 0 saturated carbocycles. The molecule has 0 N–H and O–H groups in total. The lowest BCUT2D eigenvalue weighted by Crippen LogP contribution is -2.53. The molecule has 0 unspecified atom stereocenters. The maximum Gasteiger partial charge on any atom is 0.314 e. The van der Waals surface area contributed by atoms with Crippen molar-refractivity contribution >= 4 is 21.6 Å². The SMILES string of the molecule is CS(=O)(=O)N1CCC(F)(C(=O)N(Cc2ccc(-c3nnc(C(F)F)o3)cc2F)c2ccccc2)CC1. The number of hydrogen-bond acceptors (Lipinski definition) is 6. The molecule has 0 bridgehead atoms. The lowest BCUT2D eigenvalue weighted by atomic mass is 9.92. The molecular weight excluding hydrogens is 504 g/mol. The van der Waals surface area contributed by atoms with Crippen LogP contribution in [-0.4, -0.2) is 53.8 Å². The minimum absolute atomic E-state index is 0.0294. The maximum atomic E-state index is 15.8. The Kier molecular flexibility index (Phi) is 7.14.